The van der Waals surface area contributed by atoms with Gasteiger partial charge in [-0.15, -0.1) is 24.0 Å². The Bertz CT molecular complexity index is 639. The summed E-state index contributed by atoms with van der Waals surface area (Å²) in [6.07, 6.45) is 2.63. The number of rotatable bonds is 4. The van der Waals surface area contributed by atoms with Crippen molar-refractivity contribution in [2.75, 3.05) is 20.1 Å². The second kappa shape index (κ2) is 9.07. The van der Waals surface area contributed by atoms with Gasteiger partial charge in [0, 0.05) is 49.6 Å². The van der Waals surface area contributed by atoms with E-state index in [-0.39, 0.29) is 35.9 Å². The van der Waals surface area contributed by atoms with Crippen molar-refractivity contribution in [1.82, 2.24) is 15.5 Å². The third kappa shape index (κ3) is 5.23. The van der Waals surface area contributed by atoms with E-state index in [1.807, 2.05) is 30.0 Å². The van der Waals surface area contributed by atoms with Crippen molar-refractivity contribution < 1.29 is 4.79 Å². The normalized spacial score (nSPS) is 25.3. The van der Waals surface area contributed by atoms with Crippen LogP contribution in [0.4, 0.5) is 0 Å². The van der Waals surface area contributed by atoms with Gasteiger partial charge in [-0.05, 0) is 30.5 Å². The number of carbonyl (C=O) groups excluding carboxylic acids is 1. The van der Waals surface area contributed by atoms with Crippen LogP contribution in [0.25, 0.3) is 0 Å². The van der Waals surface area contributed by atoms with Crippen LogP contribution >= 0.6 is 35.6 Å². The molecule has 25 heavy (non-hydrogen) atoms. The number of nitrogens with one attached hydrogen (secondary N) is 2. The van der Waals surface area contributed by atoms with E-state index in [2.05, 4.69) is 21.7 Å². The molecular formula is C18H26ClIN4O. The molecule has 2 fully saturated rings. The monoisotopic (exact) mass is 476 g/mol. The predicted molar refractivity (Wildman–Crippen MR) is 113 cm³/mol. The van der Waals surface area contributed by atoms with Crippen molar-refractivity contribution in [3.05, 3.63) is 34.9 Å². The summed E-state index contributed by atoms with van der Waals surface area (Å²) in [5, 5.41) is 7.72. The molecule has 1 aromatic carbocycles. The molecule has 138 valence electrons. The highest BCUT2D eigenvalue weighted by atomic mass is 127. The van der Waals surface area contributed by atoms with Gasteiger partial charge in [0.15, 0.2) is 5.96 Å². The molecule has 0 bridgehead atoms. The molecule has 1 heterocycles. The molecule has 1 saturated carbocycles. The summed E-state index contributed by atoms with van der Waals surface area (Å²) in [6, 6.07) is 8.73. The molecule has 0 spiro atoms. The maximum Gasteiger partial charge on any atom is 0.222 e. The molecule has 3 unspecified atom stereocenters. The summed E-state index contributed by atoms with van der Waals surface area (Å²) in [5.41, 5.74) is 1.27. The third-order valence-corrected chi connectivity index (χ3v) is 5.03. The average molecular weight is 477 g/mol. The molecule has 1 aromatic rings. The second-order valence-corrected chi connectivity index (χ2v) is 6.98. The van der Waals surface area contributed by atoms with Gasteiger partial charge in [0.05, 0.1) is 0 Å². The highest BCUT2D eigenvalue weighted by Crippen LogP contribution is 2.41. The quantitative estimate of drug-likeness (QED) is 0.399. The fourth-order valence-electron chi connectivity index (χ4n) is 3.33. The zero-order chi connectivity index (χ0) is 17.1. The van der Waals surface area contributed by atoms with Gasteiger partial charge in [-0.3, -0.25) is 9.79 Å². The smallest absolute Gasteiger partial charge is 0.222 e. The number of hydrogen-bond donors (Lipinski definition) is 2. The number of guanidine groups is 1. The van der Waals surface area contributed by atoms with Crippen LogP contribution in [0.1, 0.15) is 37.7 Å². The number of amides is 1. The maximum absolute atomic E-state index is 11.8. The van der Waals surface area contributed by atoms with E-state index in [4.69, 9.17) is 11.6 Å². The molecule has 1 amide bonds. The number of likely N-dealkylation sites (tertiary alicyclic amines) is 1. The molecule has 2 N–H and O–H groups in total. The topological polar surface area (TPSA) is 56.7 Å². The van der Waals surface area contributed by atoms with Crippen molar-refractivity contribution in [3.63, 3.8) is 0 Å². The van der Waals surface area contributed by atoms with Gasteiger partial charge in [-0.1, -0.05) is 30.7 Å². The Hall–Kier alpha value is -1.02. The van der Waals surface area contributed by atoms with Gasteiger partial charge in [-0.25, -0.2) is 0 Å². The Balaban J connectivity index is 0.00000225. The van der Waals surface area contributed by atoms with Crippen molar-refractivity contribution in [2.24, 2.45) is 4.99 Å². The first-order valence-electron chi connectivity index (χ1n) is 8.63. The Morgan fingerprint density at radius 3 is 2.88 bits per heavy atom. The molecular weight excluding hydrogens is 451 g/mol. The molecule has 1 saturated heterocycles. The minimum atomic E-state index is 0. The maximum atomic E-state index is 11.8. The van der Waals surface area contributed by atoms with Gasteiger partial charge in [0.25, 0.3) is 0 Å². The lowest BCUT2D eigenvalue weighted by molar-refractivity contribution is -0.129. The van der Waals surface area contributed by atoms with E-state index in [9.17, 15) is 4.79 Å². The predicted octanol–water partition coefficient (Wildman–Crippen LogP) is 2.99. The Morgan fingerprint density at radius 1 is 1.40 bits per heavy atom. The molecule has 1 aliphatic heterocycles. The molecule has 2 aliphatic rings. The Labute approximate surface area is 171 Å². The van der Waals surface area contributed by atoms with Crippen LogP contribution < -0.4 is 10.6 Å². The minimum Gasteiger partial charge on any atom is -0.353 e. The first-order chi connectivity index (χ1) is 11.6. The Morgan fingerprint density at radius 2 is 2.20 bits per heavy atom. The van der Waals surface area contributed by atoms with Crippen LogP contribution in [0, 0.1) is 0 Å². The molecule has 0 aromatic heterocycles. The standard InChI is InChI=1S/C18H25ClN4O.HI/c1-3-17(24)23-8-7-14(11-23)21-18(20-2)22-16-10-15(16)12-5-4-6-13(19)9-12;/h4-6,9,14-16H,3,7-8,10-11H2,1-2H3,(H2,20,21,22);1H. The molecule has 3 rings (SSSR count). The van der Waals surface area contributed by atoms with Crippen LogP contribution in [-0.4, -0.2) is 49.0 Å². The number of benzene rings is 1. The fraction of sp³-hybridized carbons (Fsp3) is 0.556. The van der Waals surface area contributed by atoms with Gasteiger partial charge >= 0.3 is 0 Å². The average Bonchev–Trinajstić information content (AvgIpc) is 3.20. The number of hydrogen-bond acceptors (Lipinski definition) is 2. The molecule has 5 nitrogen and oxygen atoms in total. The van der Waals surface area contributed by atoms with Gasteiger partial charge in [0.1, 0.15) is 0 Å². The zero-order valence-corrected chi connectivity index (χ0v) is 17.8. The van der Waals surface area contributed by atoms with E-state index in [0.717, 1.165) is 36.9 Å². The minimum absolute atomic E-state index is 0. The van der Waals surface area contributed by atoms with Crippen LogP contribution in [-0.2, 0) is 4.79 Å². The van der Waals surface area contributed by atoms with E-state index in [1.54, 1.807) is 7.05 Å². The van der Waals surface area contributed by atoms with Crippen LogP contribution in [0.15, 0.2) is 29.3 Å². The van der Waals surface area contributed by atoms with E-state index in [0.29, 0.717) is 18.4 Å². The molecule has 7 heteroatoms. The summed E-state index contributed by atoms with van der Waals surface area (Å²) in [6.45, 7) is 3.50. The lowest BCUT2D eigenvalue weighted by Crippen LogP contribution is -2.46. The molecule has 0 radical (unpaired) electrons. The van der Waals surface area contributed by atoms with E-state index < -0.39 is 0 Å². The fourth-order valence-corrected chi connectivity index (χ4v) is 3.53. The lowest BCUT2D eigenvalue weighted by atomic mass is 10.1. The number of nitrogens with zero attached hydrogens (tertiary/aromatic N) is 2. The molecule has 1 aliphatic carbocycles. The first kappa shape index (κ1) is 20.3. The van der Waals surface area contributed by atoms with Crippen LogP contribution in [0.2, 0.25) is 5.02 Å². The number of aliphatic imine (C=N–C) groups is 1. The number of halogens is 2. The summed E-state index contributed by atoms with van der Waals surface area (Å²) in [7, 11) is 1.79. The second-order valence-electron chi connectivity index (χ2n) is 6.54. The lowest BCUT2D eigenvalue weighted by Gasteiger charge is -2.19. The van der Waals surface area contributed by atoms with Gasteiger partial charge < -0.3 is 15.5 Å². The highest BCUT2D eigenvalue weighted by molar-refractivity contribution is 14.0. The van der Waals surface area contributed by atoms with Crippen LogP contribution in [0.3, 0.4) is 0 Å². The van der Waals surface area contributed by atoms with Gasteiger partial charge in [0.2, 0.25) is 5.91 Å². The highest BCUT2D eigenvalue weighted by Gasteiger charge is 2.39. The van der Waals surface area contributed by atoms with E-state index >= 15 is 0 Å². The summed E-state index contributed by atoms with van der Waals surface area (Å²) in [5.74, 6) is 1.54. The van der Waals surface area contributed by atoms with Crippen molar-refractivity contribution in [1.29, 1.82) is 0 Å². The van der Waals surface area contributed by atoms with Crippen molar-refractivity contribution in [2.45, 2.75) is 44.2 Å². The third-order valence-electron chi connectivity index (χ3n) is 4.80. The summed E-state index contributed by atoms with van der Waals surface area (Å²) >= 11 is 6.07. The van der Waals surface area contributed by atoms with Crippen molar-refractivity contribution >= 4 is 47.4 Å². The first-order valence-corrected chi connectivity index (χ1v) is 9.01. The van der Waals surface area contributed by atoms with Gasteiger partial charge in [-0.2, -0.15) is 0 Å². The van der Waals surface area contributed by atoms with Crippen molar-refractivity contribution in [3.8, 4) is 0 Å². The SMILES string of the molecule is CCC(=O)N1CCC(NC(=NC)NC2CC2c2cccc(Cl)c2)C1.I. The summed E-state index contributed by atoms with van der Waals surface area (Å²) in [4.78, 5) is 18.0. The zero-order valence-electron chi connectivity index (χ0n) is 14.7. The van der Waals surface area contributed by atoms with Crippen LogP contribution in [0.5, 0.6) is 0 Å². The largest absolute Gasteiger partial charge is 0.353 e. The summed E-state index contributed by atoms with van der Waals surface area (Å²) < 4.78 is 0. The van der Waals surface area contributed by atoms with E-state index in [1.165, 1.54) is 5.56 Å². The Kier molecular flexibility index (Phi) is 7.37. The molecule has 3 atom stereocenters. The number of carbonyl (C=O) groups is 1.